The van der Waals surface area contributed by atoms with E-state index in [0.717, 1.165) is 0 Å². The predicted octanol–water partition coefficient (Wildman–Crippen LogP) is 0.234. The molecule has 3 nitrogen and oxygen atoms in total. The number of carbonyl (C=O) groups is 1. The molecule has 4 heteroatoms. The molecular weight excluding hydrogens is 154 g/mol. The fourth-order valence-corrected chi connectivity index (χ4v) is 0.362. The second-order valence-electron chi connectivity index (χ2n) is 1.69. The Kier molecular flexibility index (Phi) is 7.68. The van der Waals surface area contributed by atoms with E-state index in [-0.39, 0.29) is 12.4 Å². The number of aliphatic carboxylic acids is 1. The second-order valence-corrected chi connectivity index (χ2v) is 1.69. The normalized spacial score (nSPS) is 10.8. The summed E-state index contributed by atoms with van der Waals surface area (Å²) in [7, 11) is 0. The van der Waals surface area contributed by atoms with Gasteiger partial charge in [0.2, 0.25) is 0 Å². The van der Waals surface area contributed by atoms with E-state index in [0.29, 0.717) is 12.8 Å². The molecule has 0 saturated heterocycles. The molecule has 0 aromatic heterocycles. The minimum atomic E-state index is -0.995. The predicted molar refractivity (Wildman–Crippen MR) is 40.9 cm³/mol. The molecule has 0 aliphatic carbocycles. The van der Waals surface area contributed by atoms with Crippen LogP contribution in [0.4, 0.5) is 0 Å². The standard InChI is InChI=1S/C6H9NO2.ClH/c1-2-3-4-5(7)6(8)9;/h1,5H,3-4,7H2,(H,8,9);1H. The monoisotopic (exact) mass is 163 g/mol. The molecule has 0 aromatic carbocycles. The fourth-order valence-electron chi connectivity index (χ4n) is 0.362. The first-order valence-electron chi connectivity index (χ1n) is 2.60. The Balaban J connectivity index is 0. The van der Waals surface area contributed by atoms with Crippen molar-refractivity contribution < 1.29 is 9.90 Å². The van der Waals surface area contributed by atoms with Gasteiger partial charge in [-0.2, -0.15) is 0 Å². The second kappa shape index (κ2) is 6.40. The third-order valence-corrected chi connectivity index (χ3v) is 0.917. The van der Waals surface area contributed by atoms with Crippen molar-refractivity contribution in [3.05, 3.63) is 0 Å². The van der Waals surface area contributed by atoms with Crippen LogP contribution in [-0.4, -0.2) is 17.1 Å². The molecule has 0 aliphatic heterocycles. The third-order valence-electron chi connectivity index (χ3n) is 0.917. The molecule has 1 atom stereocenters. The summed E-state index contributed by atoms with van der Waals surface area (Å²) in [5.41, 5.74) is 5.11. The van der Waals surface area contributed by atoms with Crippen LogP contribution in [0, 0.1) is 12.3 Å². The molecule has 0 aliphatic rings. The van der Waals surface area contributed by atoms with Crippen LogP contribution in [0.2, 0.25) is 0 Å². The van der Waals surface area contributed by atoms with E-state index < -0.39 is 12.0 Å². The van der Waals surface area contributed by atoms with Crippen LogP contribution in [0.3, 0.4) is 0 Å². The average molecular weight is 164 g/mol. The van der Waals surface area contributed by atoms with Gasteiger partial charge in [-0.15, -0.1) is 24.8 Å². The molecule has 0 fully saturated rings. The highest BCUT2D eigenvalue weighted by Crippen LogP contribution is 1.91. The Hall–Kier alpha value is -0.720. The van der Waals surface area contributed by atoms with Gasteiger partial charge in [0.1, 0.15) is 6.04 Å². The van der Waals surface area contributed by atoms with Crippen molar-refractivity contribution >= 4 is 18.4 Å². The summed E-state index contributed by atoms with van der Waals surface area (Å²) >= 11 is 0. The molecule has 10 heavy (non-hydrogen) atoms. The number of hydrogen-bond acceptors (Lipinski definition) is 2. The first-order chi connectivity index (χ1) is 4.18. The van der Waals surface area contributed by atoms with Gasteiger partial charge in [-0.25, -0.2) is 0 Å². The van der Waals surface area contributed by atoms with Gasteiger partial charge < -0.3 is 10.8 Å². The number of carboxylic acid groups (broad SMARTS) is 1. The molecule has 0 rings (SSSR count). The smallest absolute Gasteiger partial charge is 0.320 e. The minimum Gasteiger partial charge on any atom is -0.480 e. The van der Waals surface area contributed by atoms with Crippen LogP contribution >= 0.6 is 12.4 Å². The summed E-state index contributed by atoms with van der Waals surface area (Å²) in [5, 5.41) is 8.22. The van der Waals surface area contributed by atoms with Gasteiger partial charge in [0.25, 0.3) is 0 Å². The number of halogens is 1. The SMILES string of the molecule is C#CCCC(N)C(=O)O.Cl. The van der Waals surface area contributed by atoms with Crippen molar-refractivity contribution in [1.29, 1.82) is 0 Å². The summed E-state index contributed by atoms with van der Waals surface area (Å²) in [5.74, 6) is 1.32. The average Bonchev–Trinajstić information content (AvgIpc) is 1.82. The van der Waals surface area contributed by atoms with Crippen molar-refractivity contribution in [2.75, 3.05) is 0 Å². The van der Waals surface area contributed by atoms with Gasteiger partial charge in [-0.05, 0) is 6.42 Å². The van der Waals surface area contributed by atoms with E-state index in [4.69, 9.17) is 17.3 Å². The molecular formula is C6H10ClNO2. The zero-order valence-corrected chi connectivity index (χ0v) is 6.23. The number of hydrogen-bond donors (Lipinski definition) is 2. The van der Waals surface area contributed by atoms with Crippen LogP contribution in [0.15, 0.2) is 0 Å². The maximum Gasteiger partial charge on any atom is 0.320 e. The molecule has 58 valence electrons. The molecule has 0 radical (unpaired) electrons. The van der Waals surface area contributed by atoms with Gasteiger partial charge in [-0.3, -0.25) is 4.79 Å². The fraction of sp³-hybridized carbons (Fsp3) is 0.500. The van der Waals surface area contributed by atoms with E-state index in [1.54, 1.807) is 0 Å². The molecule has 1 unspecified atom stereocenters. The van der Waals surface area contributed by atoms with Crippen molar-refractivity contribution in [2.45, 2.75) is 18.9 Å². The van der Waals surface area contributed by atoms with Gasteiger partial charge in [0.05, 0.1) is 0 Å². The Bertz CT molecular complexity index is 141. The quantitative estimate of drug-likeness (QED) is 0.586. The van der Waals surface area contributed by atoms with Gasteiger partial charge in [-0.1, -0.05) is 0 Å². The summed E-state index contributed by atoms with van der Waals surface area (Å²) < 4.78 is 0. The van der Waals surface area contributed by atoms with Crippen LogP contribution in [0.5, 0.6) is 0 Å². The third kappa shape index (κ3) is 5.42. The van der Waals surface area contributed by atoms with Gasteiger partial charge in [0.15, 0.2) is 0 Å². The Morgan fingerprint density at radius 3 is 2.60 bits per heavy atom. The molecule has 0 aromatic rings. The van der Waals surface area contributed by atoms with Crippen molar-refractivity contribution in [3.8, 4) is 12.3 Å². The lowest BCUT2D eigenvalue weighted by Gasteiger charge is -2.00. The lowest BCUT2D eigenvalue weighted by Crippen LogP contribution is -2.29. The highest BCUT2D eigenvalue weighted by molar-refractivity contribution is 5.85. The van der Waals surface area contributed by atoms with Crippen molar-refractivity contribution in [3.63, 3.8) is 0 Å². The van der Waals surface area contributed by atoms with E-state index in [1.807, 2.05) is 0 Å². The Morgan fingerprint density at radius 1 is 1.80 bits per heavy atom. The molecule has 0 heterocycles. The van der Waals surface area contributed by atoms with Crippen molar-refractivity contribution in [2.24, 2.45) is 5.73 Å². The minimum absolute atomic E-state index is 0. The largest absolute Gasteiger partial charge is 0.480 e. The van der Waals surface area contributed by atoms with Crippen LogP contribution in [0.1, 0.15) is 12.8 Å². The van der Waals surface area contributed by atoms with E-state index >= 15 is 0 Å². The van der Waals surface area contributed by atoms with E-state index in [9.17, 15) is 4.79 Å². The van der Waals surface area contributed by atoms with E-state index in [2.05, 4.69) is 5.92 Å². The maximum atomic E-state index is 10.0. The lowest BCUT2D eigenvalue weighted by atomic mass is 10.2. The highest BCUT2D eigenvalue weighted by Gasteiger charge is 2.08. The zero-order valence-electron chi connectivity index (χ0n) is 5.41. The summed E-state index contributed by atoms with van der Waals surface area (Å²) in [6, 6.07) is -0.805. The van der Waals surface area contributed by atoms with Gasteiger partial charge >= 0.3 is 5.97 Å². The molecule has 0 saturated carbocycles. The molecule has 0 bridgehead atoms. The van der Waals surface area contributed by atoms with Crippen LogP contribution in [0.25, 0.3) is 0 Å². The number of nitrogens with two attached hydrogens (primary N) is 1. The number of terminal acetylenes is 1. The highest BCUT2D eigenvalue weighted by atomic mass is 35.5. The first kappa shape index (κ1) is 12.0. The van der Waals surface area contributed by atoms with E-state index in [1.165, 1.54) is 0 Å². The Labute approximate surface area is 66.0 Å². The Morgan fingerprint density at radius 2 is 2.30 bits per heavy atom. The molecule has 3 N–H and O–H groups in total. The number of rotatable bonds is 3. The van der Waals surface area contributed by atoms with Gasteiger partial charge in [0, 0.05) is 6.42 Å². The zero-order chi connectivity index (χ0) is 7.28. The van der Waals surface area contributed by atoms with Crippen LogP contribution < -0.4 is 5.73 Å². The molecule has 0 amide bonds. The maximum absolute atomic E-state index is 10.0. The number of carboxylic acids is 1. The first-order valence-corrected chi connectivity index (χ1v) is 2.60. The van der Waals surface area contributed by atoms with Crippen LogP contribution in [-0.2, 0) is 4.79 Å². The summed E-state index contributed by atoms with van der Waals surface area (Å²) in [6.07, 6.45) is 5.66. The molecule has 0 spiro atoms. The van der Waals surface area contributed by atoms with Crippen molar-refractivity contribution in [1.82, 2.24) is 0 Å². The summed E-state index contributed by atoms with van der Waals surface area (Å²) in [6.45, 7) is 0. The topological polar surface area (TPSA) is 63.3 Å². The lowest BCUT2D eigenvalue weighted by molar-refractivity contribution is -0.138. The summed E-state index contributed by atoms with van der Waals surface area (Å²) in [4.78, 5) is 10.0.